The summed E-state index contributed by atoms with van der Waals surface area (Å²) in [5.41, 5.74) is 2.49. The number of rotatable bonds is 4. The topological polar surface area (TPSA) is 52.3 Å². The lowest BCUT2D eigenvalue weighted by molar-refractivity contribution is -0.142. The van der Waals surface area contributed by atoms with Crippen molar-refractivity contribution in [2.45, 2.75) is 13.3 Å². The van der Waals surface area contributed by atoms with E-state index < -0.39 is 0 Å². The second-order valence-corrected chi connectivity index (χ2v) is 4.67. The first-order valence-electron chi connectivity index (χ1n) is 6.88. The van der Waals surface area contributed by atoms with E-state index in [1.54, 1.807) is 6.92 Å². The highest BCUT2D eigenvalue weighted by molar-refractivity contribution is 5.94. The predicted octanol–water partition coefficient (Wildman–Crippen LogP) is 3.60. The van der Waals surface area contributed by atoms with E-state index in [-0.39, 0.29) is 12.4 Å². The molecule has 1 heterocycles. The Hall–Kier alpha value is -2.62. The van der Waals surface area contributed by atoms with Gasteiger partial charge >= 0.3 is 5.97 Å². The van der Waals surface area contributed by atoms with Gasteiger partial charge in [0, 0.05) is 5.56 Å². The lowest BCUT2D eigenvalue weighted by atomic mass is 10.0. The van der Waals surface area contributed by atoms with Crippen LogP contribution in [-0.2, 0) is 16.0 Å². The van der Waals surface area contributed by atoms with E-state index in [4.69, 9.17) is 9.26 Å². The SMILES string of the molecule is CCOC(=O)Cc1cccc2c(-c3ccccc3)onc12. The Balaban J connectivity index is 2.02. The predicted molar refractivity (Wildman–Crippen MR) is 79.8 cm³/mol. The third kappa shape index (κ3) is 2.65. The van der Waals surface area contributed by atoms with Gasteiger partial charge in [-0.3, -0.25) is 4.79 Å². The number of aromatic nitrogens is 1. The van der Waals surface area contributed by atoms with Gasteiger partial charge in [-0.2, -0.15) is 0 Å². The maximum Gasteiger partial charge on any atom is 0.310 e. The number of carbonyl (C=O) groups excluding carboxylic acids is 1. The fourth-order valence-electron chi connectivity index (χ4n) is 2.33. The van der Waals surface area contributed by atoms with Crippen LogP contribution in [0.4, 0.5) is 0 Å². The largest absolute Gasteiger partial charge is 0.466 e. The van der Waals surface area contributed by atoms with Crippen LogP contribution in [0.5, 0.6) is 0 Å². The van der Waals surface area contributed by atoms with E-state index in [9.17, 15) is 4.79 Å². The molecule has 0 saturated heterocycles. The smallest absolute Gasteiger partial charge is 0.310 e. The van der Waals surface area contributed by atoms with E-state index in [1.165, 1.54) is 0 Å². The number of fused-ring (bicyclic) bond motifs is 1. The summed E-state index contributed by atoms with van der Waals surface area (Å²) in [6.45, 7) is 2.17. The van der Waals surface area contributed by atoms with Crippen molar-refractivity contribution in [2.75, 3.05) is 6.61 Å². The molecule has 0 bridgehead atoms. The molecule has 0 saturated carbocycles. The monoisotopic (exact) mass is 281 g/mol. The Kier molecular flexibility index (Phi) is 3.69. The van der Waals surface area contributed by atoms with Crippen LogP contribution in [0.15, 0.2) is 53.1 Å². The first kappa shape index (κ1) is 13.4. The van der Waals surface area contributed by atoms with Gasteiger partial charge in [0.1, 0.15) is 5.52 Å². The van der Waals surface area contributed by atoms with Crippen molar-refractivity contribution in [3.05, 3.63) is 54.1 Å². The molecule has 0 fully saturated rings. The van der Waals surface area contributed by atoms with Crippen LogP contribution in [0.3, 0.4) is 0 Å². The molecule has 0 radical (unpaired) electrons. The molecule has 0 atom stereocenters. The van der Waals surface area contributed by atoms with Crippen LogP contribution in [-0.4, -0.2) is 17.7 Å². The Bertz CT molecular complexity index is 762. The van der Waals surface area contributed by atoms with Gasteiger partial charge in [-0.15, -0.1) is 0 Å². The van der Waals surface area contributed by atoms with Crippen LogP contribution >= 0.6 is 0 Å². The fourth-order valence-corrected chi connectivity index (χ4v) is 2.33. The summed E-state index contributed by atoms with van der Waals surface area (Å²) >= 11 is 0. The summed E-state index contributed by atoms with van der Waals surface area (Å²) in [7, 11) is 0. The molecule has 106 valence electrons. The zero-order valence-electron chi connectivity index (χ0n) is 11.7. The van der Waals surface area contributed by atoms with E-state index in [2.05, 4.69) is 5.16 Å². The molecule has 1 aromatic heterocycles. The van der Waals surface area contributed by atoms with Crippen LogP contribution in [0.25, 0.3) is 22.2 Å². The van der Waals surface area contributed by atoms with Gasteiger partial charge in [-0.25, -0.2) is 0 Å². The summed E-state index contributed by atoms with van der Waals surface area (Å²) in [6.07, 6.45) is 0.200. The van der Waals surface area contributed by atoms with Crippen molar-refractivity contribution < 1.29 is 14.1 Å². The fraction of sp³-hybridized carbons (Fsp3) is 0.176. The minimum Gasteiger partial charge on any atom is -0.466 e. The third-order valence-corrected chi connectivity index (χ3v) is 3.27. The molecule has 3 aromatic rings. The maximum absolute atomic E-state index is 11.7. The molecule has 21 heavy (non-hydrogen) atoms. The van der Waals surface area contributed by atoms with E-state index >= 15 is 0 Å². The van der Waals surface area contributed by atoms with Crippen molar-refractivity contribution in [1.29, 1.82) is 0 Å². The molecule has 0 aliphatic carbocycles. The number of carbonyl (C=O) groups is 1. The highest BCUT2D eigenvalue weighted by atomic mass is 16.5. The number of nitrogens with zero attached hydrogens (tertiary/aromatic N) is 1. The number of hydrogen-bond acceptors (Lipinski definition) is 4. The van der Waals surface area contributed by atoms with Crippen LogP contribution in [0.2, 0.25) is 0 Å². The molecule has 2 aromatic carbocycles. The normalized spacial score (nSPS) is 10.7. The summed E-state index contributed by atoms with van der Waals surface area (Å²) in [6, 6.07) is 15.5. The Morgan fingerprint density at radius 1 is 1.14 bits per heavy atom. The molecular formula is C17H15NO3. The van der Waals surface area contributed by atoms with Crippen LogP contribution < -0.4 is 0 Å². The number of benzene rings is 2. The Morgan fingerprint density at radius 3 is 2.71 bits per heavy atom. The summed E-state index contributed by atoms with van der Waals surface area (Å²) in [4.78, 5) is 11.7. The molecule has 3 rings (SSSR count). The molecule has 4 nitrogen and oxygen atoms in total. The number of hydrogen-bond donors (Lipinski definition) is 0. The lowest BCUT2D eigenvalue weighted by Crippen LogP contribution is -2.07. The molecular weight excluding hydrogens is 266 g/mol. The zero-order valence-corrected chi connectivity index (χ0v) is 11.7. The standard InChI is InChI=1S/C17H15NO3/c1-2-20-15(19)11-13-9-6-10-14-16(13)18-21-17(14)12-7-4-3-5-8-12/h3-10H,2,11H2,1H3. The second-order valence-electron chi connectivity index (χ2n) is 4.67. The van der Waals surface area contributed by atoms with Gasteiger partial charge in [0.25, 0.3) is 0 Å². The minimum absolute atomic E-state index is 0.200. The van der Waals surface area contributed by atoms with Gasteiger partial charge in [-0.05, 0) is 18.6 Å². The van der Waals surface area contributed by atoms with Crippen LogP contribution in [0.1, 0.15) is 12.5 Å². The van der Waals surface area contributed by atoms with Crippen molar-refractivity contribution in [3.63, 3.8) is 0 Å². The van der Waals surface area contributed by atoms with Crippen molar-refractivity contribution in [3.8, 4) is 11.3 Å². The highest BCUT2D eigenvalue weighted by Crippen LogP contribution is 2.30. The minimum atomic E-state index is -0.255. The summed E-state index contributed by atoms with van der Waals surface area (Å²) < 4.78 is 10.5. The lowest BCUT2D eigenvalue weighted by Gasteiger charge is -2.02. The molecule has 4 heteroatoms. The van der Waals surface area contributed by atoms with E-state index in [1.807, 2.05) is 48.5 Å². The summed E-state index contributed by atoms with van der Waals surface area (Å²) in [5.74, 6) is 0.463. The molecule has 0 N–H and O–H groups in total. The molecule has 0 aliphatic rings. The summed E-state index contributed by atoms with van der Waals surface area (Å²) in [5, 5.41) is 5.03. The quantitative estimate of drug-likeness (QED) is 0.686. The van der Waals surface area contributed by atoms with Gasteiger partial charge in [0.2, 0.25) is 0 Å². The number of esters is 1. The average molecular weight is 281 g/mol. The van der Waals surface area contributed by atoms with Gasteiger partial charge in [0.05, 0.1) is 18.4 Å². The third-order valence-electron chi connectivity index (χ3n) is 3.27. The van der Waals surface area contributed by atoms with Crippen LogP contribution in [0, 0.1) is 0 Å². The maximum atomic E-state index is 11.7. The first-order chi connectivity index (χ1) is 10.3. The Labute approximate surface area is 122 Å². The van der Waals surface area contributed by atoms with Gasteiger partial charge < -0.3 is 9.26 Å². The molecule has 0 aliphatic heterocycles. The molecule has 0 amide bonds. The number of ether oxygens (including phenoxy) is 1. The Morgan fingerprint density at radius 2 is 1.95 bits per heavy atom. The molecule has 0 unspecified atom stereocenters. The average Bonchev–Trinajstić information content (AvgIpc) is 2.93. The van der Waals surface area contributed by atoms with Crippen molar-refractivity contribution in [2.24, 2.45) is 0 Å². The second kappa shape index (κ2) is 5.79. The van der Waals surface area contributed by atoms with E-state index in [0.29, 0.717) is 12.1 Å². The van der Waals surface area contributed by atoms with Gasteiger partial charge in [0.15, 0.2) is 5.76 Å². The first-order valence-corrected chi connectivity index (χ1v) is 6.88. The van der Waals surface area contributed by atoms with Crippen molar-refractivity contribution in [1.82, 2.24) is 5.16 Å². The van der Waals surface area contributed by atoms with Gasteiger partial charge in [-0.1, -0.05) is 47.6 Å². The highest BCUT2D eigenvalue weighted by Gasteiger charge is 2.15. The molecule has 0 spiro atoms. The van der Waals surface area contributed by atoms with E-state index in [0.717, 1.165) is 22.3 Å². The van der Waals surface area contributed by atoms with Crippen molar-refractivity contribution >= 4 is 16.9 Å². The zero-order chi connectivity index (χ0) is 14.7.